The molecule has 1 unspecified atom stereocenters. The fourth-order valence-electron chi connectivity index (χ4n) is 4.25. The quantitative estimate of drug-likeness (QED) is 0.360. The summed E-state index contributed by atoms with van der Waals surface area (Å²) < 4.78 is 11.0. The lowest BCUT2D eigenvalue weighted by atomic mass is 9.93. The molecule has 37 heavy (non-hydrogen) atoms. The average Bonchev–Trinajstić information content (AvgIpc) is 3.56. The molecule has 0 saturated carbocycles. The number of halogens is 1. The Morgan fingerprint density at radius 1 is 1.11 bits per heavy atom. The molecular formula is C28H24ClN3O4S. The van der Waals surface area contributed by atoms with E-state index in [1.807, 2.05) is 58.8 Å². The van der Waals surface area contributed by atoms with Crippen molar-refractivity contribution in [1.82, 2.24) is 10.2 Å². The van der Waals surface area contributed by atoms with Crippen LogP contribution in [0.3, 0.4) is 0 Å². The summed E-state index contributed by atoms with van der Waals surface area (Å²) in [6.45, 7) is 2.22. The Bertz CT molecular complexity index is 1400. The van der Waals surface area contributed by atoms with Crippen LogP contribution in [-0.2, 0) is 27.5 Å². The lowest BCUT2D eigenvalue weighted by Gasteiger charge is -2.36. The van der Waals surface area contributed by atoms with E-state index >= 15 is 0 Å². The van der Waals surface area contributed by atoms with Gasteiger partial charge in [-0.1, -0.05) is 71.9 Å². The number of nitrogens with zero attached hydrogens (tertiary/aromatic N) is 2. The zero-order valence-electron chi connectivity index (χ0n) is 20.0. The number of fused-ring (bicyclic) bond motifs is 1. The number of hydrogen-bond donors (Lipinski definition) is 1. The van der Waals surface area contributed by atoms with Gasteiger partial charge in [0.15, 0.2) is 5.17 Å². The molecule has 0 aliphatic carbocycles. The van der Waals surface area contributed by atoms with Crippen LogP contribution in [0, 0.1) is 0 Å². The first-order chi connectivity index (χ1) is 18.0. The second-order valence-corrected chi connectivity index (χ2v) is 9.75. The Kier molecular flexibility index (Phi) is 7.48. The molecule has 0 fully saturated rings. The van der Waals surface area contributed by atoms with E-state index in [4.69, 9.17) is 25.7 Å². The number of amidine groups is 1. The second-order valence-electron chi connectivity index (χ2n) is 8.51. The molecule has 9 heteroatoms. The Labute approximate surface area is 223 Å². The molecule has 1 aromatic heterocycles. The van der Waals surface area contributed by atoms with Crippen LogP contribution in [0.25, 0.3) is 0 Å². The van der Waals surface area contributed by atoms with Crippen molar-refractivity contribution in [3.63, 3.8) is 0 Å². The molecule has 1 atom stereocenters. The first-order valence-corrected chi connectivity index (χ1v) is 13.0. The molecule has 2 aromatic carbocycles. The van der Waals surface area contributed by atoms with E-state index in [1.165, 1.54) is 11.8 Å². The largest absolute Gasteiger partial charge is 0.467 e. The highest BCUT2D eigenvalue weighted by molar-refractivity contribution is 8.16. The fraction of sp³-hybridized carbons (Fsp3) is 0.179. The van der Waals surface area contributed by atoms with Crippen molar-refractivity contribution >= 4 is 40.4 Å². The number of benzene rings is 2. The van der Waals surface area contributed by atoms with E-state index in [1.54, 1.807) is 31.4 Å². The number of carbonyl (C=O) groups is 2. The molecular weight excluding hydrogens is 510 g/mol. The maximum absolute atomic E-state index is 13.5. The van der Waals surface area contributed by atoms with E-state index < -0.39 is 12.0 Å². The SMILES string of the molecule is CC1=C(C(=O)OCc2ccccc2)C(c2ccccc2Cl)N2C(CC(=O)NCc3ccco3)=CSC2=N1. The highest BCUT2D eigenvalue weighted by Gasteiger charge is 2.41. The number of allylic oxidation sites excluding steroid dienone is 1. The van der Waals surface area contributed by atoms with Gasteiger partial charge in [0, 0.05) is 10.7 Å². The molecule has 3 aromatic rings. The Hall–Kier alpha value is -3.75. The van der Waals surface area contributed by atoms with Crippen molar-refractivity contribution in [1.29, 1.82) is 0 Å². The first kappa shape index (κ1) is 24.9. The molecule has 5 rings (SSSR count). The molecule has 2 aliphatic rings. The third-order valence-corrected chi connectivity index (χ3v) is 7.25. The zero-order chi connectivity index (χ0) is 25.8. The number of aliphatic imine (C=N–C) groups is 1. The predicted molar refractivity (Wildman–Crippen MR) is 143 cm³/mol. The van der Waals surface area contributed by atoms with Crippen LogP contribution < -0.4 is 5.32 Å². The molecule has 3 heterocycles. The van der Waals surface area contributed by atoms with Gasteiger partial charge in [-0.2, -0.15) is 0 Å². The minimum Gasteiger partial charge on any atom is -0.467 e. The maximum Gasteiger partial charge on any atom is 0.338 e. The van der Waals surface area contributed by atoms with Gasteiger partial charge in [0.25, 0.3) is 0 Å². The fourth-order valence-corrected chi connectivity index (χ4v) is 5.45. The van der Waals surface area contributed by atoms with Crippen LogP contribution in [-0.4, -0.2) is 21.9 Å². The van der Waals surface area contributed by atoms with Crippen molar-refractivity contribution in [2.24, 2.45) is 4.99 Å². The standard InChI is InChI=1S/C28H24ClN3O4S/c1-18-25(27(34)36-16-19-8-3-2-4-9-19)26(22-11-5-6-12-23(22)29)32-20(17-37-28(32)31-18)14-24(33)30-15-21-10-7-13-35-21/h2-13,17,26H,14-16H2,1H3,(H,30,33). The van der Waals surface area contributed by atoms with Gasteiger partial charge >= 0.3 is 5.97 Å². The Balaban J connectivity index is 1.42. The lowest BCUT2D eigenvalue weighted by molar-refractivity contribution is -0.141. The second kappa shape index (κ2) is 11.1. The zero-order valence-corrected chi connectivity index (χ0v) is 21.6. The average molecular weight is 534 g/mol. The smallest absolute Gasteiger partial charge is 0.338 e. The van der Waals surface area contributed by atoms with Crippen molar-refractivity contribution < 1.29 is 18.7 Å². The molecule has 7 nitrogen and oxygen atoms in total. The van der Waals surface area contributed by atoms with E-state index in [2.05, 4.69) is 5.32 Å². The van der Waals surface area contributed by atoms with Crippen molar-refractivity contribution in [2.45, 2.75) is 32.5 Å². The molecule has 0 spiro atoms. The van der Waals surface area contributed by atoms with Gasteiger partial charge in [-0.15, -0.1) is 0 Å². The van der Waals surface area contributed by atoms with Crippen molar-refractivity contribution in [3.8, 4) is 0 Å². The topological polar surface area (TPSA) is 84.1 Å². The Morgan fingerprint density at radius 2 is 1.89 bits per heavy atom. The molecule has 0 bridgehead atoms. The summed E-state index contributed by atoms with van der Waals surface area (Å²) in [4.78, 5) is 32.9. The van der Waals surface area contributed by atoms with Crippen molar-refractivity contribution in [3.05, 3.63) is 117 Å². The van der Waals surface area contributed by atoms with Gasteiger partial charge in [0.05, 0.1) is 36.5 Å². The molecule has 1 amide bonds. The van der Waals surface area contributed by atoms with Gasteiger partial charge in [0.1, 0.15) is 12.4 Å². The number of ether oxygens (including phenoxy) is 1. The predicted octanol–water partition coefficient (Wildman–Crippen LogP) is 5.96. The minimum atomic E-state index is -0.594. The van der Waals surface area contributed by atoms with Gasteiger partial charge in [-0.3, -0.25) is 4.79 Å². The normalized spacial score (nSPS) is 16.7. The van der Waals surface area contributed by atoms with Gasteiger partial charge in [-0.05, 0) is 41.7 Å². The number of rotatable bonds is 8. The summed E-state index contributed by atoms with van der Waals surface area (Å²) in [6, 6.07) is 19.9. The summed E-state index contributed by atoms with van der Waals surface area (Å²) >= 11 is 8.05. The van der Waals surface area contributed by atoms with Crippen LogP contribution in [0.4, 0.5) is 0 Å². The monoisotopic (exact) mass is 533 g/mol. The summed E-state index contributed by atoms with van der Waals surface area (Å²) in [5.74, 6) is 0.00813. The third-order valence-electron chi connectivity index (χ3n) is 6.01. The number of hydrogen-bond acceptors (Lipinski definition) is 7. The number of esters is 1. The first-order valence-electron chi connectivity index (χ1n) is 11.7. The number of furan rings is 1. The van der Waals surface area contributed by atoms with Crippen molar-refractivity contribution in [2.75, 3.05) is 0 Å². The number of carbonyl (C=O) groups excluding carboxylic acids is 2. The maximum atomic E-state index is 13.5. The van der Waals surface area contributed by atoms with Gasteiger partial charge in [-0.25, -0.2) is 9.79 Å². The number of amides is 1. The molecule has 0 radical (unpaired) electrons. The summed E-state index contributed by atoms with van der Waals surface area (Å²) in [5.41, 5.74) is 3.27. The lowest BCUT2D eigenvalue weighted by Crippen LogP contribution is -2.38. The van der Waals surface area contributed by atoms with Crippen LogP contribution in [0.15, 0.2) is 105 Å². The van der Waals surface area contributed by atoms with Crippen LogP contribution >= 0.6 is 23.4 Å². The van der Waals surface area contributed by atoms with Crippen LogP contribution in [0.1, 0.15) is 36.3 Å². The molecule has 188 valence electrons. The summed E-state index contributed by atoms with van der Waals surface area (Å²) in [5, 5.41) is 5.95. The van der Waals surface area contributed by atoms with Gasteiger partial charge < -0.3 is 19.4 Å². The van der Waals surface area contributed by atoms with E-state index in [-0.39, 0.29) is 25.5 Å². The number of thioether (sulfide) groups is 1. The van der Waals surface area contributed by atoms with Crippen LogP contribution in [0.5, 0.6) is 0 Å². The highest BCUT2D eigenvalue weighted by atomic mass is 35.5. The molecule has 2 aliphatic heterocycles. The summed E-state index contributed by atoms with van der Waals surface area (Å²) in [6.07, 6.45) is 1.66. The highest BCUT2D eigenvalue weighted by Crippen LogP contribution is 2.46. The summed E-state index contributed by atoms with van der Waals surface area (Å²) in [7, 11) is 0. The third kappa shape index (κ3) is 5.50. The van der Waals surface area contributed by atoms with Gasteiger partial charge in [0.2, 0.25) is 5.91 Å². The Morgan fingerprint density at radius 3 is 2.65 bits per heavy atom. The van der Waals surface area contributed by atoms with E-state index in [0.717, 1.165) is 11.1 Å². The molecule has 0 saturated heterocycles. The van der Waals surface area contributed by atoms with Crippen LogP contribution in [0.2, 0.25) is 5.02 Å². The molecule has 1 N–H and O–H groups in total. The van der Waals surface area contributed by atoms with E-state index in [9.17, 15) is 9.59 Å². The minimum absolute atomic E-state index is 0.0963. The van der Waals surface area contributed by atoms with E-state index in [0.29, 0.717) is 32.9 Å². The number of nitrogens with one attached hydrogen (secondary N) is 1.